The molecule has 0 saturated heterocycles. The quantitative estimate of drug-likeness (QED) is 0.134. The molecule has 0 saturated carbocycles. The van der Waals surface area contributed by atoms with E-state index in [0.717, 1.165) is 22.1 Å². The zero-order chi connectivity index (χ0) is 25.4. The van der Waals surface area contributed by atoms with Crippen LogP contribution in [0.4, 0.5) is 20.3 Å². The topological polar surface area (TPSA) is 169 Å². The number of rotatable bonds is 10. The van der Waals surface area contributed by atoms with Crippen LogP contribution in [0.15, 0.2) is 58.8 Å². The number of alkyl halides is 2. The van der Waals surface area contributed by atoms with Gasteiger partial charge in [-0.2, -0.15) is 13.9 Å². The number of nitrogens with one attached hydrogen (secondary N) is 2. The zero-order valence-corrected chi connectivity index (χ0v) is 18.9. The Morgan fingerprint density at radius 1 is 1.23 bits per heavy atom. The fourth-order valence-electron chi connectivity index (χ4n) is 2.92. The Kier molecular flexibility index (Phi) is 8.22. The van der Waals surface area contributed by atoms with Gasteiger partial charge in [-0.3, -0.25) is 29.1 Å². The molecule has 1 amide bonds. The Bertz CT molecular complexity index is 1260. The van der Waals surface area contributed by atoms with E-state index >= 15 is 0 Å². The number of carbonyl (C=O) groups is 1. The van der Waals surface area contributed by atoms with Gasteiger partial charge in [-0.15, -0.1) is 0 Å². The lowest BCUT2D eigenvalue weighted by atomic mass is 10.2. The molecule has 0 aliphatic rings. The summed E-state index contributed by atoms with van der Waals surface area (Å²) in [4.78, 5) is 36.8. The molecule has 6 N–H and O–H groups in total. The van der Waals surface area contributed by atoms with Crippen molar-refractivity contribution in [3.05, 3.63) is 75.8 Å². The number of amides is 1. The largest absolute Gasteiger partial charge is 0.359 e. The van der Waals surface area contributed by atoms with Crippen LogP contribution in [0, 0.1) is 0 Å². The molecule has 0 bridgehead atoms. The normalized spacial score (nSPS) is 11.4. The average Bonchev–Trinajstić information content (AvgIpc) is 2.85. The number of carbonyl (C=O) groups excluding carboxylic acids is 1. The third-order valence-electron chi connectivity index (χ3n) is 4.61. The number of nitrogens with two attached hydrogens (primary N) is 2. The second kappa shape index (κ2) is 11.3. The molecular formula is C20H21ClF2N10O2. The molecule has 3 aromatic heterocycles. The van der Waals surface area contributed by atoms with E-state index < -0.39 is 42.0 Å². The van der Waals surface area contributed by atoms with Crippen molar-refractivity contribution in [2.75, 3.05) is 16.9 Å². The molecular weight excluding hydrogens is 486 g/mol. The van der Waals surface area contributed by atoms with Crippen LogP contribution in [0.1, 0.15) is 11.4 Å². The molecule has 3 heterocycles. The van der Waals surface area contributed by atoms with Crippen molar-refractivity contribution in [3.8, 4) is 0 Å². The van der Waals surface area contributed by atoms with Gasteiger partial charge in [-0.25, -0.2) is 10.8 Å². The van der Waals surface area contributed by atoms with Gasteiger partial charge in [0.2, 0.25) is 5.91 Å². The van der Waals surface area contributed by atoms with Crippen LogP contribution in [-0.4, -0.2) is 38.3 Å². The predicted octanol–water partition coefficient (Wildman–Crippen LogP) is 0.789. The lowest BCUT2D eigenvalue weighted by Gasteiger charge is -2.17. The van der Waals surface area contributed by atoms with Gasteiger partial charge < -0.3 is 16.5 Å². The Hall–Kier alpha value is -4.17. The second-order valence-electron chi connectivity index (χ2n) is 7.01. The van der Waals surface area contributed by atoms with Crippen molar-refractivity contribution < 1.29 is 13.6 Å². The number of hydrogen-bond donors (Lipinski definition) is 4. The maximum Gasteiger partial charge on any atom is 0.306 e. The minimum absolute atomic E-state index is 0.0417. The molecule has 0 atom stereocenters. The molecule has 0 fully saturated rings. The number of aromatic nitrogens is 4. The number of hydrazone groups is 1. The molecule has 0 aliphatic heterocycles. The van der Waals surface area contributed by atoms with Gasteiger partial charge in [0.1, 0.15) is 23.7 Å². The highest BCUT2D eigenvalue weighted by Gasteiger charge is 2.33. The average molecular weight is 507 g/mol. The Labute approximate surface area is 202 Å². The van der Waals surface area contributed by atoms with Crippen LogP contribution < -0.4 is 32.9 Å². The van der Waals surface area contributed by atoms with Crippen molar-refractivity contribution in [1.29, 1.82) is 0 Å². The Morgan fingerprint density at radius 3 is 2.71 bits per heavy atom. The number of hydrogen-bond acceptors (Lipinski definition) is 9. The van der Waals surface area contributed by atoms with Crippen LogP contribution in [0.5, 0.6) is 0 Å². The molecule has 35 heavy (non-hydrogen) atoms. The van der Waals surface area contributed by atoms with E-state index in [9.17, 15) is 18.4 Å². The van der Waals surface area contributed by atoms with Gasteiger partial charge >= 0.3 is 5.92 Å². The minimum atomic E-state index is -3.37. The highest BCUT2D eigenvalue weighted by Crippen LogP contribution is 2.25. The maximum absolute atomic E-state index is 14.4. The van der Waals surface area contributed by atoms with E-state index in [4.69, 9.17) is 23.3 Å². The van der Waals surface area contributed by atoms with E-state index in [0.29, 0.717) is 11.4 Å². The van der Waals surface area contributed by atoms with Crippen molar-refractivity contribution >= 4 is 35.4 Å². The molecule has 0 unspecified atom stereocenters. The number of hydrazine groups is 1. The first-order valence-electron chi connectivity index (χ1n) is 9.99. The van der Waals surface area contributed by atoms with E-state index in [1.54, 1.807) is 12.1 Å². The van der Waals surface area contributed by atoms with E-state index in [1.165, 1.54) is 30.6 Å². The smallest absolute Gasteiger partial charge is 0.306 e. The molecule has 3 aromatic rings. The summed E-state index contributed by atoms with van der Waals surface area (Å²) < 4.78 is 29.6. The first-order valence-corrected chi connectivity index (χ1v) is 10.4. The molecule has 12 nitrogen and oxygen atoms in total. The molecule has 0 radical (unpaired) electrons. The van der Waals surface area contributed by atoms with Gasteiger partial charge in [0.05, 0.1) is 30.7 Å². The lowest BCUT2D eigenvalue weighted by molar-refractivity contribution is -0.121. The molecule has 184 valence electrons. The summed E-state index contributed by atoms with van der Waals surface area (Å²) in [5.74, 6) is 6.53. The van der Waals surface area contributed by atoms with E-state index in [2.05, 4.69) is 30.7 Å². The number of nitrogens with zero attached hydrogens (tertiary/aromatic N) is 6. The van der Waals surface area contributed by atoms with Crippen LogP contribution in [0.25, 0.3) is 0 Å². The second-order valence-corrected chi connectivity index (χ2v) is 7.40. The van der Waals surface area contributed by atoms with Gasteiger partial charge in [-0.1, -0.05) is 17.7 Å². The lowest BCUT2D eigenvalue weighted by Crippen LogP contribution is -2.36. The van der Waals surface area contributed by atoms with Crippen LogP contribution in [0.2, 0.25) is 5.15 Å². The van der Waals surface area contributed by atoms with Gasteiger partial charge in [0, 0.05) is 12.4 Å². The predicted molar refractivity (Wildman–Crippen MR) is 126 cm³/mol. The number of anilines is 2. The van der Waals surface area contributed by atoms with Gasteiger partial charge in [0.25, 0.3) is 5.56 Å². The van der Waals surface area contributed by atoms with E-state index in [-0.39, 0.29) is 11.7 Å². The summed E-state index contributed by atoms with van der Waals surface area (Å²) in [7, 11) is 0. The first-order chi connectivity index (χ1) is 16.7. The molecule has 0 aromatic carbocycles. The summed E-state index contributed by atoms with van der Waals surface area (Å²) in [5.41, 5.74) is -0.490. The van der Waals surface area contributed by atoms with Crippen molar-refractivity contribution in [2.45, 2.75) is 19.0 Å². The summed E-state index contributed by atoms with van der Waals surface area (Å²) in [6.45, 7) is -1.48. The minimum Gasteiger partial charge on any atom is -0.359 e. The third kappa shape index (κ3) is 6.45. The summed E-state index contributed by atoms with van der Waals surface area (Å²) in [6.07, 6.45) is 4.97. The van der Waals surface area contributed by atoms with Crippen LogP contribution >= 0.6 is 11.6 Å². The highest BCUT2D eigenvalue weighted by atomic mass is 35.5. The van der Waals surface area contributed by atoms with Crippen LogP contribution in [0.3, 0.4) is 0 Å². The van der Waals surface area contributed by atoms with Crippen molar-refractivity contribution in [1.82, 2.24) is 24.8 Å². The van der Waals surface area contributed by atoms with Crippen molar-refractivity contribution in [3.63, 3.8) is 0 Å². The molecule has 0 spiro atoms. The standard InChI is InChI=1S/C20H21ClF2N10O2/c21-16-9-29-18(30-11-20(22,23)15-5-1-2-6-27-15)19(35)32(16)10-17(34)28-8-13-14(4-3-7-26-13)33(25)12-31-24/h1-7,9,12H,8,10-11,24-25H2,(H,28,34)(H,29,30)/b31-12-. The summed E-state index contributed by atoms with van der Waals surface area (Å²) in [6, 6.07) is 7.37. The Morgan fingerprint density at radius 2 is 2.00 bits per heavy atom. The van der Waals surface area contributed by atoms with E-state index in [1.807, 2.05) is 0 Å². The zero-order valence-electron chi connectivity index (χ0n) is 18.1. The molecule has 3 rings (SSSR count). The van der Waals surface area contributed by atoms with Gasteiger partial charge in [-0.05, 0) is 24.3 Å². The van der Waals surface area contributed by atoms with Crippen molar-refractivity contribution in [2.24, 2.45) is 16.8 Å². The Balaban J connectivity index is 1.68. The molecule has 15 heteroatoms. The summed E-state index contributed by atoms with van der Waals surface area (Å²) in [5, 5.41) is 9.19. The fraction of sp³-hybridized carbons (Fsp3) is 0.200. The SMILES string of the molecule is N/N=C\N(N)c1cccnc1CNC(=O)Cn1c(Cl)cnc(NCC(F)(F)c2ccccn2)c1=O. The first kappa shape index (κ1) is 25.5. The summed E-state index contributed by atoms with van der Waals surface area (Å²) >= 11 is 6.02. The number of halogens is 3. The fourth-order valence-corrected chi connectivity index (χ4v) is 3.10. The van der Waals surface area contributed by atoms with Gasteiger partial charge in [0.15, 0.2) is 5.82 Å². The molecule has 0 aliphatic carbocycles. The highest BCUT2D eigenvalue weighted by molar-refractivity contribution is 6.29. The maximum atomic E-state index is 14.4. The number of pyridine rings is 2. The monoisotopic (exact) mass is 506 g/mol. The van der Waals surface area contributed by atoms with Crippen LogP contribution in [-0.2, 0) is 23.8 Å². The third-order valence-corrected chi connectivity index (χ3v) is 4.92.